The molecule has 0 aromatic rings. The fourth-order valence-electron chi connectivity index (χ4n) is 2.19. The van der Waals surface area contributed by atoms with Gasteiger partial charge < -0.3 is 18.9 Å². The fraction of sp³-hybridized carbons (Fsp3) is 0.944. The maximum absolute atomic E-state index is 11.9. The van der Waals surface area contributed by atoms with Gasteiger partial charge in [-0.25, -0.2) is 4.57 Å². The second-order valence-corrected chi connectivity index (χ2v) is 9.14. The molecule has 0 aromatic heterocycles. The van der Waals surface area contributed by atoms with Crippen molar-refractivity contribution in [1.82, 2.24) is 0 Å². The van der Waals surface area contributed by atoms with E-state index < -0.39 is 19.9 Å². The fourth-order valence-corrected chi connectivity index (χ4v) is 2.94. The minimum absolute atomic E-state index is 0.0873. The van der Waals surface area contributed by atoms with Crippen molar-refractivity contribution in [1.29, 1.82) is 0 Å². The minimum Gasteiger partial charge on any atom is -0.458 e. The Kier molecular flexibility index (Phi) is 14.2. The molecule has 9 heteroatoms. The first kappa shape index (κ1) is 26.5. The number of nitrogens with zero attached hydrogens (tertiary/aromatic N) is 1. The van der Waals surface area contributed by atoms with Gasteiger partial charge in [0.15, 0.2) is 0 Å². The summed E-state index contributed by atoms with van der Waals surface area (Å²) in [6.07, 6.45) is 6.18. The van der Waals surface area contributed by atoms with Crippen molar-refractivity contribution >= 4 is 13.8 Å². The molecule has 2 atom stereocenters. The summed E-state index contributed by atoms with van der Waals surface area (Å²) >= 11 is 0. The van der Waals surface area contributed by atoms with Gasteiger partial charge in [-0.15, -0.1) is 0 Å². The van der Waals surface area contributed by atoms with Gasteiger partial charge in [-0.2, -0.15) is 0 Å². The Hall–Kier alpha value is -0.500. The van der Waals surface area contributed by atoms with E-state index >= 15 is 0 Å². The molecular weight excluding hydrogens is 373 g/mol. The van der Waals surface area contributed by atoms with Gasteiger partial charge in [0, 0.05) is 13.5 Å². The van der Waals surface area contributed by atoms with Crippen molar-refractivity contribution < 1.29 is 37.3 Å². The predicted molar refractivity (Wildman–Crippen MR) is 104 cm³/mol. The van der Waals surface area contributed by atoms with Crippen LogP contribution in [0.1, 0.15) is 52.4 Å². The third-order valence-electron chi connectivity index (χ3n) is 3.72. The number of ether oxygens (including phenoxy) is 2. The third-order valence-corrected chi connectivity index (χ3v) is 4.70. The Labute approximate surface area is 164 Å². The number of esters is 1. The molecule has 27 heavy (non-hydrogen) atoms. The van der Waals surface area contributed by atoms with E-state index in [9.17, 15) is 14.3 Å². The van der Waals surface area contributed by atoms with Crippen LogP contribution in [0.25, 0.3) is 0 Å². The van der Waals surface area contributed by atoms with Crippen LogP contribution in [0.2, 0.25) is 0 Å². The molecule has 2 unspecified atom stereocenters. The Morgan fingerprint density at radius 2 is 1.63 bits per heavy atom. The van der Waals surface area contributed by atoms with E-state index in [4.69, 9.17) is 18.5 Å². The maximum Gasteiger partial charge on any atom is 0.472 e. The highest BCUT2D eigenvalue weighted by atomic mass is 31.2. The highest BCUT2D eigenvalue weighted by molar-refractivity contribution is 7.47. The van der Waals surface area contributed by atoms with Crippen LogP contribution in [0.4, 0.5) is 0 Å². The van der Waals surface area contributed by atoms with Gasteiger partial charge in [0.25, 0.3) is 0 Å². The van der Waals surface area contributed by atoms with E-state index in [0.29, 0.717) is 17.6 Å². The van der Waals surface area contributed by atoms with Gasteiger partial charge in [-0.1, -0.05) is 39.0 Å². The average molecular weight is 412 g/mol. The van der Waals surface area contributed by atoms with Gasteiger partial charge in [0.05, 0.1) is 34.4 Å². The van der Waals surface area contributed by atoms with Crippen LogP contribution in [0.3, 0.4) is 0 Å². The molecule has 0 saturated heterocycles. The van der Waals surface area contributed by atoms with Crippen molar-refractivity contribution in [2.45, 2.75) is 58.5 Å². The summed E-state index contributed by atoms with van der Waals surface area (Å²) in [7, 11) is 1.65. The summed E-state index contributed by atoms with van der Waals surface area (Å²) < 4.78 is 33.0. The zero-order valence-electron chi connectivity index (χ0n) is 17.6. The molecule has 0 bridgehead atoms. The molecular formula is C18H39NO7P+. The first-order chi connectivity index (χ1) is 12.6. The normalized spacial score (nSPS) is 15.3. The standard InChI is InChI=1S/C18H38NO7P/c1-6-7-8-9-10-11-13-23-15-18(26-17(2)20)16-25-27(21,22)24-14-12-19(3,4)5/h18H,6-16H2,1-5H3/p+1. The van der Waals surface area contributed by atoms with Crippen molar-refractivity contribution in [3.8, 4) is 0 Å². The minimum atomic E-state index is -4.19. The van der Waals surface area contributed by atoms with Crippen LogP contribution in [0.15, 0.2) is 0 Å². The molecule has 0 fully saturated rings. The van der Waals surface area contributed by atoms with Gasteiger partial charge >= 0.3 is 13.8 Å². The lowest BCUT2D eigenvalue weighted by Crippen LogP contribution is -2.37. The SMILES string of the molecule is CCCCCCCCOCC(COP(=O)(O)OCC[N+](C)(C)C)OC(C)=O. The summed E-state index contributed by atoms with van der Waals surface area (Å²) in [5.74, 6) is -0.495. The van der Waals surface area contributed by atoms with Crippen LogP contribution in [-0.4, -0.2) is 75.6 Å². The number of carbonyl (C=O) groups excluding carboxylic acids is 1. The van der Waals surface area contributed by atoms with E-state index in [-0.39, 0.29) is 19.8 Å². The molecule has 0 rings (SSSR count). The quantitative estimate of drug-likeness (QED) is 0.170. The van der Waals surface area contributed by atoms with Crippen LogP contribution >= 0.6 is 7.82 Å². The lowest BCUT2D eigenvalue weighted by Gasteiger charge is -2.24. The first-order valence-corrected chi connectivity index (χ1v) is 11.2. The van der Waals surface area contributed by atoms with E-state index in [0.717, 1.165) is 12.8 Å². The molecule has 0 radical (unpaired) electrons. The molecule has 0 aliphatic rings. The van der Waals surface area contributed by atoms with E-state index in [1.807, 2.05) is 21.1 Å². The zero-order chi connectivity index (χ0) is 20.8. The van der Waals surface area contributed by atoms with E-state index in [2.05, 4.69) is 6.92 Å². The van der Waals surface area contributed by atoms with Crippen LogP contribution in [0, 0.1) is 0 Å². The van der Waals surface area contributed by atoms with Crippen molar-refractivity contribution in [2.75, 3.05) is 54.1 Å². The lowest BCUT2D eigenvalue weighted by molar-refractivity contribution is -0.870. The van der Waals surface area contributed by atoms with Gasteiger partial charge in [0.2, 0.25) is 0 Å². The van der Waals surface area contributed by atoms with Gasteiger partial charge in [-0.3, -0.25) is 13.8 Å². The second-order valence-electron chi connectivity index (χ2n) is 7.69. The van der Waals surface area contributed by atoms with Crippen LogP contribution < -0.4 is 0 Å². The highest BCUT2D eigenvalue weighted by Gasteiger charge is 2.25. The molecule has 0 aliphatic carbocycles. The largest absolute Gasteiger partial charge is 0.472 e. The zero-order valence-corrected chi connectivity index (χ0v) is 18.5. The lowest BCUT2D eigenvalue weighted by atomic mass is 10.1. The molecule has 0 aromatic carbocycles. The molecule has 0 heterocycles. The number of rotatable bonds is 17. The van der Waals surface area contributed by atoms with Gasteiger partial charge in [-0.05, 0) is 6.42 Å². The summed E-state index contributed by atoms with van der Waals surface area (Å²) in [6.45, 7) is 4.52. The number of hydrogen-bond donors (Lipinski definition) is 1. The summed E-state index contributed by atoms with van der Waals surface area (Å²) in [5, 5.41) is 0. The monoisotopic (exact) mass is 412 g/mol. The van der Waals surface area contributed by atoms with Crippen molar-refractivity contribution in [3.63, 3.8) is 0 Å². The molecule has 0 spiro atoms. The molecule has 8 nitrogen and oxygen atoms in total. The Bertz CT molecular complexity index is 440. The number of carbonyl (C=O) groups is 1. The smallest absolute Gasteiger partial charge is 0.458 e. The number of phosphoric ester groups is 1. The number of likely N-dealkylation sites (N-methyl/N-ethyl adjacent to an activating group) is 1. The number of hydrogen-bond acceptors (Lipinski definition) is 6. The second kappa shape index (κ2) is 14.5. The highest BCUT2D eigenvalue weighted by Crippen LogP contribution is 2.43. The van der Waals surface area contributed by atoms with Crippen molar-refractivity contribution in [2.24, 2.45) is 0 Å². The van der Waals surface area contributed by atoms with E-state index in [1.54, 1.807) is 0 Å². The molecule has 0 saturated carbocycles. The third kappa shape index (κ3) is 18.6. The van der Waals surface area contributed by atoms with Gasteiger partial charge in [0.1, 0.15) is 19.3 Å². The number of quaternary nitrogens is 1. The average Bonchev–Trinajstić information content (AvgIpc) is 2.53. The van der Waals surface area contributed by atoms with Crippen LogP contribution in [0.5, 0.6) is 0 Å². The predicted octanol–water partition coefficient (Wildman–Crippen LogP) is 3.14. The molecule has 162 valence electrons. The maximum atomic E-state index is 11.9. The van der Waals surface area contributed by atoms with E-state index in [1.165, 1.54) is 32.6 Å². The summed E-state index contributed by atoms with van der Waals surface area (Å²) in [5.41, 5.74) is 0. The molecule has 1 N–H and O–H groups in total. The summed E-state index contributed by atoms with van der Waals surface area (Å²) in [4.78, 5) is 20.9. The first-order valence-electron chi connectivity index (χ1n) is 9.73. The van der Waals surface area contributed by atoms with Crippen molar-refractivity contribution in [3.05, 3.63) is 0 Å². The van der Waals surface area contributed by atoms with Crippen LogP contribution in [-0.2, 0) is 27.9 Å². The number of unbranched alkanes of at least 4 members (excludes halogenated alkanes) is 5. The molecule has 0 amide bonds. The summed E-state index contributed by atoms with van der Waals surface area (Å²) in [6, 6.07) is 0. The molecule has 0 aliphatic heterocycles. The Morgan fingerprint density at radius 3 is 2.22 bits per heavy atom. The number of phosphoric acid groups is 1. The Morgan fingerprint density at radius 1 is 1.00 bits per heavy atom. The Balaban J connectivity index is 4.10. The topological polar surface area (TPSA) is 91.3 Å².